The van der Waals surface area contributed by atoms with E-state index in [1.807, 2.05) is 18.2 Å². The van der Waals surface area contributed by atoms with Crippen molar-refractivity contribution < 1.29 is 19.0 Å². The van der Waals surface area contributed by atoms with Crippen LogP contribution in [-0.4, -0.2) is 32.5 Å². The number of benzene rings is 1. The molecular weight excluding hydrogens is 270 g/mol. The van der Waals surface area contributed by atoms with Crippen LogP contribution in [0.4, 0.5) is 0 Å². The Morgan fingerprint density at radius 2 is 2.10 bits per heavy atom. The van der Waals surface area contributed by atoms with E-state index in [9.17, 15) is 4.79 Å². The van der Waals surface area contributed by atoms with Gasteiger partial charge in [-0.3, -0.25) is 0 Å². The summed E-state index contributed by atoms with van der Waals surface area (Å²) in [6.07, 6.45) is 5.23. The van der Waals surface area contributed by atoms with Crippen LogP contribution < -0.4 is 9.47 Å². The summed E-state index contributed by atoms with van der Waals surface area (Å²) in [5, 5.41) is 0. The number of hydrogen-bond donors (Lipinski definition) is 0. The molecule has 1 aromatic carbocycles. The molecule has 0 spiro atoms. The van der Waals surface area contributed by atoms with Gasteiger partial charge in [-0.1, -0.05) is 12.1 Å². The third-order valence-electron chi connectivity index (χ3n) is 4.14. The normalized spacial score (nSPS) is 20.4. The molecule has 2 aliphatic rings. The molecule has 0 atom stereocenters. The maximum atomic E-state index is 10.7. The molecule has 0 N–H and O–H groups in total. The van der Waals surface area contributed by atoms with Gasteiger partial charge in [0.25, 0.3) is 0 Å². The molecule has 5 nitrogen and oxygen atoms in total. The van der Waals surface area contributed by atoms with Crippen LogP contribution in [0.2, 0.25) is 0 Å². The summed E-state index contributed by atoms with van der Waals surface area (Å²) < 4.78 is 17.0. The number of carbonyl (C=O) groups excluding carboxylic acids is 1. The predicted molar refractivity (Wildman–Crippen MR) is 76.5 cm³/mol. The minimum absolute atomic E-state index is 0.116. The molecule has 1 heterocycles. The lowest BCUT2D eigenvalue weighted by atomic mass is 10.0. The van der Waals surface area contributed by atoms with Crippen molar-refractivity contribution in [1.82, 2.24) is 0 Å². The van der Waals surface area contributed by atoms with Crippen molar-refractivity contribution in [3.63, 3.8) is 0 Å². The highest BCUT2D eigenvalue weighted by molar-refractivity contribution is 5.54. The molecule has 0 radical (unpaired) electrons. The van der Waals surface area contributed by atoms with E-state index in [0.717, 1.165) is 31.2 Å². The van der Waals surface area contributed by atoms with Crippen molar-refractivity contribution in [3.8, 4) is 11.5 Å². The number of isocyanates is 1. The summed E-state index contributed by atoms with van der Waals surface area (Å²) in [5.74, 6) is 1.40. The number of aliphatic imine (C=N–C) groups is 1. The highest BCUT2D eigenvalue weighted by atomic mass is 16.5. The van der Waals surface area contributed by atoms with Gasteiger partial charge >= 0.3 is 0 Å². The molecule has 3 rings (SSSR count). The van der Waals surface area contributed by atoms with Gasteiger partial charge in [0.05, 0.1) is 20.3 Å². The standard InChI is InChI=1S/C16H19NO4/c1-19-14-4-2-3-13(16(7-8-16)17-11-18)15(14)21-12-5-9-20-10-6-12/h2-4,12H,5-10H2,1H3. The second-order valence-corrected chi connectivity index (χ2v) is 5.50. The summed E-state index contributed by atoms with van der Waals surface area (Å²) in [7, 11) is 1.62. The summed E-state index contributed by atoms with van der Waals surface area (Å²) in [6, 6.07) is 5.75. The number of ether oxygens (including phenoxy) is 3. The number of nitrogens with zero attached hydrogens (tertiary/aromatic N) is 1. The molecule has 112 valence electrons. The van der Waals surface area contributed by atoms with Crippen molar-refractivity contribution in [2.45, 2.75) is 37.3 Å². The Labute approximate surface area is 123 Å². The molecule has 0 bridgehead atoms. The summed E-state index contributed by atoms with van der Waals surface area (Å²) in [5.41, 5.74) is 0.466. The third-order valence-corrected chi connectivity index (χ3v) is 4.14. The van der Waals surface area contributed by atoms with Gasteiger partial charge < -0.3 is 14.2 Å². The first-order valence-corrected chi connectivity index (χ1v) is 7.30. The smallest absolute Gasteiger partial charge is 0.235 e. The van der Waals surface area contributed by atoms with Crippen LogP contribution in [0.15, 0.2) is 23.2 Å². The van der Waals surface area contributed by atoms with E-state index in [1.165, 1.54) is 0 Å². The second kappa shape index (κ2) is 5.88. The first-order valence-electron chi connectivity index (χ1n) is 7.30. The highest BCUT2D eigenvalue weighted by Crippen LogP contribution is 2.54. The topological polar surface area (TPSA) is 57.1 Å². The molecule has 21 heavy (non-hydrogen) atoms. The van der Waals surface area contributed by atoms with Crippen LogP contribution in [0.3, 0.4) is 0 Å². The van der Waals surface area contributed by atoms with Gasteiger partial charge in [0.15, 0.2) is 11.5 Å². The number of para-hydroxylation sites is 1. The lowest BCUT2D eigenvalue weighted by molar-refractivity contribution is 0.0239. The Morgan fingerprint density at radius 3 is 2.71 bits per heavy atom. The van der Waals surface area contributed by atoms with Crippen LogP contribution in [0.25, 0.3) is 0 Å². The second-order valence-electron chi connectivity index (χ2n) is 5.50. The molecule has 1 aromatic rings. The van der Waals surface area contributed by atoms with Crippen LogP contribution in [0.1, 0.15) is 31.2 Å². The van der Waals surface area contributed by atoms with Crippen molar-refractivity contribution in [3.05, 3.63) is 23.8 Å². The van der Waals surface area contributed by atoms with E-state index >= 15 is 0 Å². The van der Waals surface area contributed by atoms with Crippen LogP contribution >= 0.6 is 0 Å². The van der Waals surface area contributed by atoms with Crippen molar-refractivity contribution in [1.29, 1.82) is 0 Å². The first kappa shape index (κ1) is 14.1. The maximum Gasteiger partial charge on any atom is 0.235 e. The molecule has 5 heteroatoms. The van der Waals surface area contributed by atoms with E-state index < -0.39 is 5.54 Å². The van der Waals surface area contributed by atoms with E-state index in [4.69, 9.17) is 14.2 Å². The first-order chi connectivity index (χ1) is 10.3. The average molecular weight is 289 g/mol. The SMILES string of the molecule is COc1cccc(C2(N=C=O)CC2)c1OC1CCOCC1. The van der Waals surface area contributed by atoms with E-state index in [0.29, 0.717) is 24.7 Å². The zero-order valence-electron chi connectivity index (χ0n) is 12.1. The number of hydrogen-bond acceptors (Lipinski definition) is 5. The third kappa shape index (κ3) is 2.80. The largest absolute Gasteiger partial charge is 0.493 e. The summed E-state index contributed by atoms with van der Waals surface area (Å²) in [6.45, 7) is 1.43. The lowest BCUT2D eigenvalue weighted by Crippen LogP contribution is -2.27. The molecule has 0 unspecified atom stereocenters. The van der Waals surface area contributed by atoms with Crippen molar-refractivity contribution >= 4 is 6.08 Å². The zero-order chi connectivity index (χ0) is 14.7. The molecule has 1 aliphatic heterocycles. The van der Waals surface area contributed by atoms with Crippen molar-refractivity contribution in [2.24, 2.45) is 4.99 Å². The fourth-order valence-corrected chi connectivity index (χ4v) is 2.77. The Kier molecular flexibility index (Phi) is 3.95. The lowest BCUT2D eigenvalue weighted by Gasteiger charge is -2.26. The minimum atomic E-state index is -0.462. The Hall–Kier alpha value is -1.84. The molecule has 1 aliphatic carbocycles. The number of methoxy groups -OCH3 is 1. The Bertz CT molecular complexity index is 555. The van der Waals surface area contributed by atoms with Gasteiger partial charge in [-0.25, -0.2) is 4.79 Å². The molecule has 1 saturated heterocycles. The fourth-order valence-electron chi connectivity index (χ4n) is 2.77. The maximum absolute atomic E-state index is 10.7. The van der Waals surface area contributed by atoms with Gasteiger partial charge in [0, 0.05) is 18.4 Å². The fraction of sp³-hybridized carbons (Fsp3) is 0.562. The monoisotopic (exact) mass is 289 g/mol. The van der Waals surface area contributed by atoms with Crippen molar-refractivity contribution in [2.75, 3.05) is 20.3 Å². The molecule has 0 amide bonds. The van der Waals surface area contributed by atoms with Gasteiger partial charge in [-0.05, 0) is 18.9 Å². The van der Waals surface area contributed by atoms with Crippen LogP contribution in [0, 0.1) is 0 Å². The van der Waals surface area contributed by atoms with Crippen LogP contribution in [0.5, 0.6) is 11.5 Å². The molecule has 1 saturated carbocycles. The van der Waals surface area contributed by atoms with Crippen LogP contribution in [-0.2, 0) is 15.1 Å². The summed E-state index contributed by atoms with van der Waals surface area (Å²) >= 11 is 0. The summed E-state index contributed by atoms with van der Waals surface area (Å²) in [4.78, 5) is 14.7. The minimum Gasteiger partial charge on any atom is -0.493 e. The molecule has 2 fully saturated rings. The van der Waals surface area contributed by atoms with E-state index in [2.05, 4.69) is 4.99 Å². The van der Waals surface area contributed by atoms with E-state index in [-0.39, 0.29) is 6.10 Å². The van der Waals surface area contributed by atoms with Gasteiger partial charge in [-0.2, -0.15) is 4.99 Å². The number of rotatable bonds is 5. The van der Waals surface area contributed by atoms with E-state index in [1.54, 1.807) is 13.2 Å². The highest BCUT2D eigenvalue weighted by Gasteiger charge is 2.47. The Balaban J connectivity index is 1.94. The van der Waals surface area contributed by atoms with Gasteiger partial charge in [0.1, 0.15) is 11.6 Å². The molecular formula is C16H19NO4. The average Bonchev–Trinajstić information content (AvgIpc) is 3.29. The predicted octanol–water partition coefficient (Wildman–Crippen LogP) is 2.58. The Morgan fingerprint density at radius 1 is 1.33 bits per heavy atom. The quantitative estimate of drug-likeness (QED) is 0.617. The molecule has 0 aromatic heterocycles. The van der Waals surface area contributed by atoms with Gasteiger partial charge in [-0.15, -0.1) is 0 Å². The van der Waals surface area contributed by atoms with Gasteiger partial charge in [0.2, 0.25) is 6.08 Å². The zero-order valence-corrected chi connectivity index (χ0v) is 12.1.